The molecule has 1 saturated carbocycles. The SMILES string of the molecule is CCN(CCC(=O)NN1C(=O)NC2(CCCCC2)C1=O)Cc1ccc(Cl)s1. The Bertz CT molecular complexity index is 717. The fourth-order valence-electron chi connectivity index (χ4n) is 3.66. The summed E-state index contributed by atoms with van der Waals surface area (Å²) in [6.07, 6.45) is 4.36. The highest BCUT2D eigenvalue weighted by Crippen LogP contribution is 2.33. The average molecular weight is 413 g/mol. The Balaban J connectivity index is 1.51. The fraction of sp³-hybridized carbons (Fsp3) is 0.611. The van der Waals surface area contributed by atoms with Gasteiger partial charge in [0, 0.05) is 24.4 Å². The van der Waals surface area contributed by atoms with Gasteiger partial charge in [0.1, 0.15) is 5.54 Å². The van der Waals surface area contributed by atoms with E-state index in [9.17, 15) is 14.4 Å². The monoisotopic (exact) mass is 412 g/mol. The molecule has 0 aromatic carbocycles. The smallest absolute Gasteiger partial charge is 0.322 e. The van der Waals surface area contributed by atoms with Crippen LogP contribution in [0.25, 0.3) is 0 Å². The fourth-order valence-corrected chi connectivity index (χ4v) is 4.79. The lowest BCUT2D eigenvalue weighted by atomic mass is 9.82. The number of imide groups is 1. The topological polar surface area (TPSA) is 81.8 Å². The van der Waals surface area contributed by atoms with Gasteiger partial charge in [-0.05, 0) is 31.5 Å². The second kappa shape index (κ2) is 8.58. The van der Waals surface area contributed by atoms with Gasteiger partial charge >= 0.3 is 6.03 Å². The largest absolute Gasteiger partial charge is 0.344 e. The van der Waals surface area contributed by atoms with Gasteiger partial charge in [0.15, 0.2) is 0 Å². The van der Waals surface area contributed by atoms with Crippen LogP contribution < -0.4 is 10.7 Å². The van der Waals surface area contributed by atoms with E-state index >= 15 is 0 Å². The number of carbonyl (C=O) groups is 3. The lowest BCUT2D eigenvalue weighted by molar-refractivity contribution is -0.140. The van der Waals surface area contributed by atoms with Crippen LogP contribution in [0.15, 0.2) is 12.1 Å². The van der Waals surface area contributed by atoms with Crippen LogP contribution >= 0.6 is 22.9 Å². The van der Waals surface area contributed by atoms with Crippen LogP contribution in [0.4, 0.5) is 4.79 Å². The predicted molar refractivity (Wildman–Crippen MR) is 104 cm³/mol. The molecule has 1 aromatic rings. The molecule has 2 fully saturated rings. The Labute approximate surface area is 168 Å². The maximum atomic E-state index is 12.7. The first-order chi connectivity index (χ1) is 12.9. The van der Waals surface area contributed by atoms with Crippen molar-refractivity contribution >= 4 is 40.8 Å². The minimum atomic E-state index is -0.823. The van der Waals surface area contributed by atoms with E-state index in [0.29, 0.717) is 25.9 Å². The number of amides is 4. The van der Waals surface area contributed by atoms with Gasteiger partial charge in [0.05, 0.1) is 4.34 Å². The summed E-state index contributed by atoms with van der Waals surface area (Å²) in [5.41, 5.74) is 1.66. The van der Waals surface area contributed by atoms with Gasteiger partial charge in [0.25, 0.3) is 5.91 Å². The third kappa shape index (κ3) is 4.62. The van der Waals surface area contributed by atoms with Gasteiger partial charge < -0.3 is 5.32 Å². The van der Waals surface area contributed by atoms with Crippen molar-refractivity contribution in [3.05, 3.63) is 21.3 Å². The lowest BCUT2D eigenvalue weighted by Crippen LogP contribution is -2.51. The van der Waals surface area contributed by atoms with Crippen LogP contribution in [-0.4, -0.2) is 46.4 Å². The van der Waals surface area contributed by atoms with Crippen molar-refractivity contribution in [3.8, 4) is 0 Å². The number of hydrogen-bond donors (Lipinski definition) is 2. The Morgan fingerprint density at radius 3 is 2.70 bits per heavy atom. The van der Waals surface area contributed by atoms with Gasteiger partial charge in [-0.2, -0.15) is 5.01 Å². The first kappa shape index (κ1) is 20.1. The first-order valence-electron chi connectivity index (χ1n) is 9.36. The zero-order valence-electron chi connectivity index (χ0n) is 15.4. The van der Waals surface area contributed by atoms with Gasteiger partial charge in [-0.1, -0.05) is 37.8 Å². The molecule has 0 atom stereocenters. The van der Waals surface area contributed by atoms with Gasteiger partial charge in [-0.15, -0.1) is 11.3 Å². The van der Waals surface area contributed by atoms with E-state index < -0.39 is 11.6 Å². The quantitative estimate of drug-likeness (QED) is 0.674. The Kier molecular flexibility index (Phi) is 6.39. The summed E-state index contributed by atoms with van der Waals surface area (Å²) >= 11 is 7.48. The second-order valence-electron chi connectivity index (χ2n) is 7.07. The van der Waals surface area contributed by atoms with Crippen molar-refractivity contribution in [3.63, 3.8) is 0 Å². The third-order valence-electron chi connectivity index (χ3n) is 5.22. The molecular formula is C18H25ClN4O3S. The van der Waals surface area contributed by atoms with Crippen LogP contribution in [0, 0.1) is 0 Å². The summed E-state index contributed by atoms with van der Waals surface area (Å²) in [5, 5.41) is 3.65. The molecular weight excluding hydrogens is 388 g/mol. The Morgan fingerprint density at radius 1 is 1.33 bits per heavy atom. The molecule has 7 nitrogen and oxygen atoms in total. The average Bonchev–Trinajstić information content (AvgIpc) is 3.16. The van der Waals surface area contributed by atoms with Crippen LogP contribution in [0.1, 0.15) is 50.3 Å². The number of hydrazine groups is 1. The molecule has 27 heavy (non-hydrogen) atoms. The molecule has 1 aliphatic heterocycles. The molecule has 148 valence electrons. The molecule has 4 amide bonds. The standard InChI is InChI=1S/C18H25ClN4O3S/c1-2-22(12-13-6-7-14(19)27-13)11-8-15(24)21-23-16(25)18(20-17(23)26)9-4-3-5-10-18/h6-7H,2-5,8-12H2,1H3,(H,20,26)(H,21,24). The summed E-state index contributed by atoms with van der Waals surface area (Å²) in [6.45, 7) is 4.06. The molecule has 0 bridgehead atoms. The van der Waals surface area contributed by atoms with Gasteiger partial charge in [-0.3, -0.25) is 19.9 Å². The van der Waals surface area contributed by atoms with E-state index in [1.54, 1.807) is 0 Å². The minimum Gasteiger partial charge on any atom is -0.322 e. The summed E-state index contributed by atoms with van der Waals surface area (Å²) < 4.78 is 0.744. The molecule has 0 unspecified atom stereocenters. The van der Waals surface area contributed by atoms with Crippen molar-refractivity contribution in [2.45, 2.75) is 57.5 Å². The number of thiophene rings is 1. The number of urea groups is 1. The molecule has 1 aliphatic carbocycles. The van der Waals surface area contributed by atoms with E-state index in [4.69, 9.17) is 11.6 Å². The second-order valence-corrected chi connectivity index (χ2v) is 8.87. The van der Waals surface area contributed by atoms with Gasteiger partial charge in [0.2, 0.25) is 5.91 Å². The first-order valence-corrected chi connectivity index (χ1v) is 10.6. The zero-order valence-corrected chi connectivity index (χ0v) is 17.0. The van der Waals surface area contributed by atoms with E-state index in [-0.39, 0.29) is 18.2 Å². The predicted octanol–water partition coefficient (Wildman–Crippen LogP) is 2.90. The molecule has 1 aromatic heterocycles. The zero-order chi connectivity index (χ0) is 19.4. The van der Waals surface area contributed by atoms with Crippen molar-refractivity contribution < 1.29 is 14.4 Å². The maximum Gasteiger partial charge on any atom is 0.344 e. The molecule has 3 rings (SSSR count). The van der Waals surface area contributed by atoms with E-state index in [2.05, 4.69) is 15.6 Å². The number of nitrogens with zero attached hydrogens (tertiary/aromatic N) is 2. The molecule has 0 radical (unpaired) electrons. The highest BCUT2D eigenvalue weighted by molar-refractivity contribution is 7.16. The summed E-state index contributed by atoms with van der Waals surface area (Å²) in [7, 11) is 0. The molecule has 2 heterocycles. The van der Waals surface area contributed by atoms with E-state index in [0.717, 1.165) is 40.0 Å². The number of nitrogens with one attached hydrogen (secondary N) is 2. The van der Waals surface area contributed by atoms with Crippen molar-refractivity contribution in [2.75, 3.05) is 13.1 Å². The number of rotatable bonds is 7. The van der Waals surface area contributed by atoms with E-state index in [1.165, 1.54) is 11.3 Å². The minimum absolute atomic E-state index is 0.205. The molecule has 2 aliphatic rings. The van der Waals surface area contributed by atoms with Crippen molar-refractivity contribution in [2.24, 2.45) is 0 Å². The Morgan fingerprint density at radius 2 is 2.07 bits per heavy atom. The maximum absolute atomic E-state index is 12.7. The molecule has 2 N–H and O–H groups in total. The highest BCUT2D eigenvalue weighted by atomic mass is 35.5. The van der Waals surface area contributed by atoms with Crippen molar-refractivity contribution in [1.29, 1.82) is 0 Å². The lowest BCUT2D eigenvalue weighted by Gasteiger charge is -2.30. The number of carbonyl (C=O) groups excluding carboxylic acids is 3. The van der Waals surface area contributed by atoms with Crippen LogP contribution in [0.3, 0.4) is 0 Å². The molecule has 1 saturated heterocycles. The summed E-state index contributed by atoms with van der Waals surface area (Å²) in [4.78, 5) is 40.4. The van der Waals surface area contributed by atoms with Crippen LogP contribution in [-0.2, 0) is 16.1 Å². The van der Waals surface area contributed by atoms with Crippen LogP contribution in [0.5, 0.6) is 0 Å². The molecule has 1 spiro atoms. The third-order valence-corrected chi connectivity index (χ3v) is 6.43. The number of halogens is 1. The van der Waals surface area contributed by atoms with Crippen LogP contribution in [0.2, 0.25) is 4.34 Å². The Hall–Kier alpha value is -1.64. The van der Waals surface area contributed by atoms with Gasteiger partial charge in [-0.25, -0.2) is 4.79 Å². The summed E-state index contributed by atoms with van der Waals surface area (Å²) in [6, 6.07) is 3.31. The summed E-state index contributed by atoms with van der Waals surface area (Å²) in [5.74, 6) is -0.671. The van der Waals surface area contributed by atoms with E-state index in [1.807, 2.05) is 19.1 Å². The highest BCUT2D eigenvalue weighted by Gasteiger charge is 2.52. The normalized spacial score (nSPS) is 19.0. The number of hydrogen-bond acceptors (Lipinski definition) is 5. The molecule has 9 heteroatoms. The van der Waals surface area contributed by atoms with Crippen molar-refractivity contribution in [1.82, 2.24) is 20.7 Å².